The summed E-state index contributed by atoms with van der Waals surface area (Å²) >= 11 is 0. The largest absolute Gasteiger partial charge is 0.389 e. The summed E-state index contributed by atoms with van der Waals surface area (Å²) in [5, 5.41) is 10.0. The van der Waals surface area contributed by atoms with E-state index in [1.807, 2.05) is 0 Å². The number of β-amino-alcohol motifs (C(OH)–C–C–N with tert-alkyl or cyclic N) is 1. The second-order valence-electron chi connectivity index (χ2n) is 7.37. The smallest absolute Gasteiger partial charge is 0.0900 e. The highest BCUT2D eigenvalue weighted by atomic mass is 16.5. The minimum Gasteiger partial charge on any atom is -0.389 e. The van der Waals surface area contributed by atoms with Crippen molar-refractivity contribution in [3.8, 4) is 0 Å². The number of hydrogen-bond acceptors (Lipinski definition) is 4. The van der Waals surface area contributed by atoms with Gasteiger partial charge < -0.3 is 19.6 Å². The quantitative estimate of drug-likeness (QED) is 0.862. The first-order chi connectivity index (χ1) is 9.83. The maximum Gasteiger partial charge on any atom is 0.0900 e. The van der Waals surface area contributed by atoms with Gasteiger partial charge in [0.1, 0.15) is 0 Å². The maximum atomic E-state index is 10.0. The molecule has 21 heavy (non-hydrogen) atoms. The average molecular weight is 300 g/mol. The van der Waals surface area contributed by atoms with Gasteiger partial charge in [-0.05, 0) is 45.6 Å². The molecule has 1 aliphatic rings. The van der Waals surface area contributed by atoms with E-state index in [2.05, 4.69) is 44.5 Å². The Morgan fingerprint density at radius 1 is 1.05 bits per heavy atom. The van der Waals surface area contributed by atoms with Gasteiger partial charge >= 0.3 is 0 Å². The van der Waals surface area contributed by atoms with Gasteiger partial charge in [-0.2, -0.15) is 0 Å². The van der Waals surface area contributed by atoms with Gasteiger partial charge in [-0.1, -0.05) is 13.8 Å². The van der Waals surface area contributed by atoms with Crippen LogP contribution in [0.4, 0.5) is 0 Å². The Labute approximate surface area is 131 Å². The first-order valence-electron chi connectivity index (χ1n) is 8.44. The second-order valence-corrected chi connectivity index (χ2v) is 7.37. The highest BCUT2D eigenvalue weighted by Gasteiger charge is 2.25. The molecule has 1 fully saturated rings. The molecule has 0 aromatic rings. The summed E-state index contributed by atoms with van der Waals surface area (Å²) in [4.78, 5) is 4.96. The van der Waals surface area contributed by atoms with Crippen LogP contribution in [0.5, 0.6) is 0 Å². The molecule has 4 nitrogen and oxygen atoms in total. The van der Waals surface area contributed by atoms with Crippen molar-refractivity contribution in [1.82, 2.24) is 9.80 Å². The third kappa shape index (κ3) is 6.64. The topological polar surface area (TPSA) is 35.9 Å². The van der Waals surface area contributed by atoms with Gasteiger partial charge in [-0.25, -0.2) is 0 Å². The number of aliphatic hydroxyl groups is 1. The minimum atomic E-state index is -0.380. The predicted octanol–water partition coefficient (Wildman–Crippen LogP) is 2.07. The third-order valence-corrected chi connectivity index (χ3v) is 4.85. The van der Waals surface area contributed by atoms with Crippen molar-refractivity contribution in [2.75, 3.05) is 40.4 Å². The lowest BCUT2D eigenvalue weighted by atomic mass is 9.94. The van der Waals surface area contributed by atoms with Crippen LogP contribution >= 0.6 is 0 Å². The van der Waals surface area contributed by atoms with Crippen molar-refractivity contribution in [3.63, 3.8) is 0 Å². The molecule has 1 rings (SSSR count). The number of aliphatic hydroxyl groups excluding tert-OH is 1. The average Bonchev–Trinajstić information content (AvgIpc) is 2.36. The van der Waals surface area contributed by atoms with Crippen LogP contribution in [-0.4, -0.2) is 73.5 Å². The van der Waals surface area contributed by atoms with Gasteiger partial charge in [0.25, 0.3) is 0 Å². The lowest BCUT2D eigenvalue weighted by Gasteiger charge is -2.38. The van der Waals surface area contributed by atoms with E-state index in [4.69, 9.17) is 4.74 Å². The van der Waals surface area contributed by atoms with Crippen LogP contribution in [0.25, 0.3) is 0 Å². The molecule has 0 saturated carbocycles. The SMILES string of the molecule is COCC(O)CN1CC(C)CC(C)N(C)C(C)CC(C)C1. The Morgan fingerprint density at radius 2 is 1.52 bits per heavy atom. The molecule has 1 N–H and O–H groups in total. The highest BCUT2D eigenvalue weighted by molar-refractivity contribution is 4.79. The monoisotopic (exact) mass is 300 g/mol. The second kappa shape index (κ2) is 9.09. The molecule has 0 aromatic carbocycles. The van der Waals surface area contributed by atoms with Crippen molar-refractivity contribution in [2.24, 2.45) is 11.8 Å². The molecule has 4 heteroatoms. The Bertz CT molecular complexity index is 268. The van der Waals surface area contributed by atoms with E-state index in [0.717, 1.165) is 19.6 Å². The number of rotatable bonds is 4. The molecule has 0 aliphatic carbocycles. The number of nitrogens with zero attached hydrogens (tertiary/aromatic N) is 2. The van der Waals surface area contributed by atoms with Crippen molar-refractivity contribution in [2.45, 2.75) is 58.7 Å². The molecule has 0 spiro atoms. The normalized spacial score (nSPS) is 35.6. The van der Waals surface area contributed by atoms with E-state index < -0.39 is 0 Å². The first-order valence-corrected chi connectivity index (χ1v) is 8.44. The summed E-state index contributed by atoms with van der Waals surface area (Å²) in [5.41, 5.74) is 0. The van der Waals surface area contributed by atoms with Crippen molar-refractivity contribution in [1.29, 1.82) is 0 Å². The zero-order valence-electron chi connectivity index (χ0n) is 14.9. The van der Waals surface area contributed by atoms with Gasteiger partial charge in [0, 0.05) is 38.8 Å². The summed E-state index contributed by atoms with van der Waals surface area (Å²) in [6.07, 6.45) is 2.05. The molecule has 1 aliphatic heterocycles. The first kappa shape index (κ1) is 18.9. The molecular formula is C17H36N2O2. The zero-order chi connectivity index (χ0) is 16.0. The molecule has 5 unspecified atom stereocenters. The standard InChI is InChI=1S/C17H36N2O2/c1-13-7-15(3)18(5)16(4)8-14(2)10-19(9-13)11-17(20)12-21-6/h13-17,20H,7-12H2,1-6H3. The van der Waals surface area contributed by atoms with Gasteiger partial charge in [0.05, 0.1) is 12.7 Å². The summed E-state index contributed by atoms with van der Waals surface area (Å²) in [7, 11) is 3.91. The van der Waals surface area contributed by atoms with Crippen LogP contribution in [-0.2, 0) is 4.74 Å². The lowest BCUT2D eigenvalue weighted by Crippen LogP contribution is -2.45. The molecule has 0 radical (unpaired) electrons. The van der Waals surface area contributed by atoms with Gasteiger partial charge in [-0.3, -0.25) is 0 Å². The third-order valence-electron chi connectivity index (χ3n) is 4.85. The van der Waals surface area contributed by atoms with Crippen LogP contribution < -0.4 is 0 Å². The Balaban J connectivity index is 2.69. The van der Waals surface area contributed by atoms with E-state index in [1.54, 1.807) is 7.11 Å². The van der Waals surface area contributed by atoms with Crippen molar-refractivity contribution in [3.05, 3.63) is 0 Å². The van der Waals surface area contributed by atoms with Crippen LogP contribution in [0.1, 0.15) is 40.5 Å². The van der Waals surface area contributed by atoms with E-state index in [9.17, 15) is 5.11 Å². The van der Waals surface area contributed by atoms with Crippen molar-refractivity contribution < 1.29 is 9.84 Å². The fourth-order valence-corrected chi connectivity index (χ4v) is 3.73. The van der Waals surface area contributed by atoms with Crippen molar-refractivity contribution >= 4 is 0 Å². The number of ether oxygens (including phenoxy) is 1. The molecule has 0 bridgehead atoms. The fraction of sp³-hybridized carbons (Fsp3) is 1.00. The summed E-state index contributed by atoms with van der Waals surface area (Å²) < 4.78 is 5.06. The van der Waals surface area contributed by atoms with E-state index in [-0.39, 0.29) is 6.10 Å². The lowest BCUT2D eigenvalue weighted by molar-refractivity contribution is 0.0248. The number of methoxy groups -OCH3 is 1. The molecule has 126 valence electrons. The molecule has 0 aromatic heterocycles. The molecular weight excluding hydrogens is 264 g/mol. The van der Waals surface area contributed by atoms with Gasteiger partial charge in [-0.15, -0.1) is 0 Å². The van der Waals surface area contributed by atoms with Crippen LogP contribution in [0.2, 0.25) is 0 Å². The molecule has 5 atom stereocenters. The number of hydrogen-bond donors (Lipinski definition) is 1. The minimum absolute atomic E-state index is 0.380. The van der Waals surface area contributed by atoms with Gasteiger partial charge in [0.2, 0.25) is 0 Å². The Hall–Kier alpha value is -0.160. The summed E-state index contributed by atoms with van der Waals surface area (Å²) in [6.45, 7) is 12.6. The Kier molecular flexibility index (Phi) is 8.17. The summed E-state index contributed by atoms with van der Waals surface area (Å²) in [6, 6.07) is 1.23. The van der Waals surface area contributed by atoms with E-state index in [0.29, 0.717) is 30.5 Å². The molecule has 1 heterocycles. The van der Waals surface area contributed by atoms with Crippen LogP contribution in [0, 0.1) is 11.8 Å². The maximum absolute atomic E-state index is 10.0. The highest BCUT2D eigenvalue weighted by Crippen LogP contribution is 2.21. The predicted molar refractivity (Wildman–Crippen MR) is 88.6 cm³/mol. The van der Waals surface area contributed by atoms with Gasteiger partial charge in [0.15, 0.2) is 0 Å². The van der Waals surface area contributed by atoms with E-state index in [1.165, 1.54) is 12.8 Å². The Morgan fingerprint density at radius 3 is 1.95 bits per heavy atom. The summed E-state index contributed by atoms with van der Waals surface area (Å²) in [5.74, 6) is 1.30. The molecule has 0 amide bonds. The van der Waals surface area contributed by atoms with Crippen LogP contribution in [0.3, 0.4) is 0 Å². The zero-order valence-corrected chi connectivity index (χ0v) is 14.9. The fourth-order valence-electron chi connectivity index (χ4n) is 3.73. The van der Waals surface area contributed by atoms with E-state index >= 15 is 0 Å². The molecule has 1 saturated heterocycles. The van der Waals surface area contributed by atoms with Crippen LogP contribution in [0.15, 0.2) is 0 Å².